The van der Waals surface area contributed by atoms with Crippen LogP contribution in [0.25, 0.3) is 0 Å². The lowest BCUT2D eigenvalue weighted by Crippen LogP contribution is -1.94. The maximum absolute atomic E-state index is 13.5. The van der Waals surface area contributed by atoms with Gasteiger partial charge in [0.25, 0.3) is 0 Å². The number of hydrogen-bond donors (Lipinski definition) is 1. The predicted molar refractivity (Wildman–Crippen MR) is 74.8 cm³/mol. The summed E-state index contributed by atoms with van der Waals surface area (Å²) >= 11 is 2.16. The Morgan fingerprint density at radius 2 is 1.88 bits per heavy atom. The molecule has 0 saturated heterocycles. The monoisotopic (exact) mass is 343 g/mol. The number of anilines is 1. The Balaban J connectivity index is 2.34. The fraction of sp³-hybridized carbons (Fsp3) is 0.0769. The van der Waals surface area contributed by atoms with Crippen LogP contribution in [-0.2, 0) is 0 Å². The molecule has 0 radical (unpaired) electrons. The van der Waals surface area contributed by atoms with Gasteiger partial charge in [-0.1, -0.05) is 6.07 Å². The number of benzene rings is 2. The van der Waals surface area contributed by atoms with Crippen LogP contribution in [0.15, 0.2) is 36.4 Å². The molecule has 2 N–H and O–H groups in total. The Morgan fingerprint density at radius 3 is 2.59 bits per heavy atom. The van der Waals surface area contributed by atoms with E-state index in [-0.39, 0.29) is 5.75 Å². The lowest BCUT2D eigenvalue weighted by atomic mass is 10.2. The zero-order chi connectivity index (χ0) is 12.4. The van der Waals surface area contributed by atoms with Gasteiger partial charge in [-0.25, -0.2) is 4.39 Å². The van der Waals surface area contributed by atoms with Crippen LogP contribution in [0.1, 0.15) is 5.56 Å². The second-order valence-electron chi connectivity index (χ2n) is 3.72. The van der Waals surface area contributed by atoms with E-state index in [0.29, 0.717) is 11.4 Å². The molecule has 0 unspecified atom stereocenters. The third kappa shape index (κ3) is 2.88. The van der Waals surface area contributed by atoms with Crippen LogP contribution in [-0.4, -0.2) is 0 Å². The van der Waals surface area contributed by atoms with E-state index >= 15 is 0 Å². The summed E-state index contributed by atoms with van der Waals surface area (Å²) in [4.78, 5) is 0. The van der Waals surface area contributed by atoms with E-state index in [4.69, 9.17) is 10.5 Å². The molecule has 0 aliphatic rings. The van der Waals surface area contributed by atoms with Crippen molar-refractivity contribution in [3.05, 3.63) is 51.3 Å². The highest BCUT2D eigenvalue weighted by Gasteiger charge is 2.07. The van der Waals surface area contributed by atoms with Crippen LogP contribution in [0.4, 0.5) is 10.1 Å². The standard InChI is InChI=1S/C13H11FINO/c1-8-2-4-10(14)13(6-8)17-12-5-3-9(15)7-11(12)16/h2-7H,16H2,1H3. The van der Waals surface area contributed by atoms with Gasteiger partial charge in [-0.2, -0.15) is 0 Å². The molecule has 0 aliphatic carbocycles. The van der Waals surface area contributed by atoms with Crippen molar-refractivity contribution in [2.24, 2.45) is 0 Å². The number of nitrogen functional groups attached to an aromatic ring is 1. The molecule has 2 aromatic carbocycles. The number of ether oxygens (including phenoxy) is 1. The highest BCUT2D eigenvalue weighted by molar-refractivity contribution is 14.1. The van der Waals surface area contributed by atoms with Crippen LogP contribution < -0.4 is 10.5 Å². The minimum atomic E-state index is -0.395. The quantitative estimate of drug-likeness (QED) is 0.658. The largest absolute Gasteiger partial charge is 0.452 e. The van der Waals surface area contributed by atoms with Gasteiger partial charge in [0.2, 0.25) is 0 Å². The Hall–Kier alpha value is -1.30. The normalized spacial score (nSPS) is 10.3. The van der Waals surface area contributed by atoms with E-state index in [9.17, 15) is 4.39 Å². The van der Waals surface area contributed by atoms with Crippen LogP contribution in [0, 0.1) is 16.3 Å². The van der Waals surface area contributed by atoms with E-state index in [1.807, 2.05) is 13.0 Å². The maximum atomic E-state index is 13.5. The maximum Gasteiger partial charge on any atom is 0.165 e. The Labute approximate surface area is 113 Å². The Bertz CT molecular complexity index is 557. The van der Waals surface area contributed by atoms with Crippen molar-refractivity contribution in [3.8, 4) is 11.5 Å². The lowest BCUT2D eigenvalue weighted by Gasteiger charge is -2.10. The van der Waals surface area contributed by atoms with Crippen molar-refractivity contribution >= 4 is 28.3 Å². The number of nitrogens with two attached hydrogens (primary N) is 1. The minimum Gasteiger partial charge on any atom is -0.452 e. The second-order valence-corrected chi connectivity index (χ2v) is 4.96. The zero-order valence-corrected chi connectivity index (χ0v) is 11.4. The number of aryl methyl sites for hydroxylation is 1. The van der Waals surface area contributed by atoms with Crippen molar-refractivity contribution in [2.75, 3.05) is 5.73 Å². The highest BCUT2D eigenvalue weighted by Crippen LogP contribution is 2.30. The van der Waals surface area contributed by atoms with Crippen molar-refractivity contribution in [1.29, 1.82) is 0 Å². The summed E-state index contributed by atoms with van der Waals surface area (Å²) in [5.41, 5.74) is 7.24. The summed E-state index contributed by atoms with van der Waals surface area (Å²) in [6, 6.07) is 10.1. The average Bonchev–Trinajstić information content (AvgIpc) is 2.27. The number of hydrogen-bond acceptors (Lipinski definition) is 2. The van der Waals surface area contributed by atoms with Crippen LogP contribution in [0.5, 0.6) is 11.5 Å². The molecule has 0 aromatic heterocycles. The molecule has 0 saturated carbocycles. The molecule has 2 rings (SSSR count). The van der Waals surface area contributed by atoms with Gasteiger partial charge in [-0.05, 0) is 65.4 Å². The molecule has 0 fully saturated rings. The van der Waals surface area contributed by atoms with Gasteiger partial charge in [0.15, 0.2) is 17.3 Å². The molecule has 0 aliphatic heterocycles. The molecule has 0 amide bonds. The van der Waals surface area contributed by atoms with Crippen molar-refractivity contribution < 1.29 is 9.13 Å². The summed E-state index contributed by atoms with van der Waals surface area (Å²) in [6.07, 6.45) is 0. The van der Waals surface area contributed by atoms with Gasteiger partial charge in [0.05, 0.1) is 5.69 Å². The van der Waals surface area contributed by atoms with Gasteiger partial charge < -0.3 is 10.5 Å². The smallest absolute Gasteiger partial charge is 0.165 e. The van der Waals surface area contributed by atoms with E-state index in [1.54, 1.807) is 24.3 Å². The molecule has 2 aromatic rings. The highest BCUT2D eigenvalue weighted by atomic mass is 127. The van der Waals surface area contributed by atoms with Crippen molar-refractivity contribution in [1.82, 2.24) is 0 Å². The topological polar surface area (TPSA) is 35.2 Å². The van der Waals surface area contributed by atoms with Gasteiger partial charge in [-0.3, -0.25) is 0 Å². The number of halogens is 2. The molecule has 0 atom stereocenters. The Morgan fingerprint density at radius 1 is 1.12 bits per heavy atom. The first-order valence-electron chi connectivity index (χ1n) is 5.05. The average molecular weight is 343 g/mol. The lowest BCUT2D eigenvalue weighted by molar-refractivity contribution is 0.443. The summed E-state index contributed by atoms with van der Waals surface area (Å²) in [7, 11) is 0. The molecular weight excluding hydrogens is 332 g/mol. The van der Waals surface area contributed by atoms with Gasteiger partial charge >= 0.3 is 0 Å². The SMILES string of the molecule is Cc1ccc(F)c(Oc2ccc(I)cc2N)c1. The van der Waals surface area contributed by atoms with E-state index in [1.165, 1.54) is 6.07 Å². The molecule has 0 heterocycles. The third-order valence-corrected chi connectivity index (χ3v) is 2.95. The summed E-state index contributed by atoms with van der Waals surface area (Å²) in [5.74, 6) is 0.265. The van der Waals surface area contributed by atoms with Crippen LogP contribution >= 0.6 is 22.6 Å². The molecule has 0 bridgehead atoms. The molecule has 88 valence electrons. The fourth-order valence-electron chi connectivity index (χ4n) is 1.42. The molecule has 0 spiro atoms. The van der Waals surface area contributed by atoms with E-state index in [0.717, 1.165) is 9.13 Å². The first-order valence-corrected chi connectivity index (χ1v) is 6.13. The molecule has 17 heavy (non-hydrogen) atoms. The summed E-state index contributed by atoms with van der Waals surface area (Å²) < 4.78 is 20.0. The zero-order valence-electron chi connectivity index (χ0n) is 9.21. The summed E-state index contributed by atoms with van der Waals surface area (Å²) in [6.45, 7) is 1.88. The minimum absolute atomic E-state index is 0.193. The van der Waals surface area contributed by atoms with E-state index in [2.05, 4.69) is 22.6 Å². The third-order valence-electron chi connectivity index (χ3n) is 2.28. The second kappa shape index (κ2) is 4.91. The number of rotatable bonds is 2. The first-order chi connectivity index (χ1) is 8.06. The fourth-order valence-corrected chi connectivity index (χ4v) is 1.93. The first kappa shape index (κ1) is 12.2. The van der Waals surface area contributed by atoms with Crippen molar-refractivity contribution in [2.45, 2.75) is 6.92 Å². The summed E-state index contributed by atoms with van der Waals surface area (Å²) in [5, 5.41) is 0. The van der Waals surface area contributed by atoms with Gasteiger partial charge in [-0.15, -0.1) is 0 Å². The van der Waals surface area contributed by atoms with Crippen molar-refractivity contribution in [3.63, 3.8) is 0 Å². The van der Waals surface area contributed by atoms with E-state index < -0.39 is 5.82 Å². The predicted octanol–water partition coefficient (Wildman–Crippen LogP) is 4.11. The van der Waals surface area contributed by atoms with Crippen LogP contribution in [0.3, 0.4) is 0 Å². The van der Waals surface area contributed by atoms with Gasteiger partial charge in [0, 0.05) is 3.57 Å². The molecular formula is C13H11FINO. The molecule has 2 nitrogen and oxygen atoms in total. The van der Waals surface area contributed by atoms with Gasteiger partial charge in [0.1, 0.15) is 0 Å². The molecule has 4 heteroatoms. The Kier molecular flexibility index (Phi) is 3.51. The van der Waals surface area contributed by atoms with Crippen LogP contribution in [0.2, 0.25) is 0 Å².